The molecule has 17 heavy (non-hydrogen) atoms. The maximum Gasteiger partial charge on any atom is 0.314 e. The van der Waals surface area contributed by atoms with Gasteiger partial charge in [0.2, 0.25) is 5.75 Å². The van der Waals surface area contributed by atoms with Gasteiger partial charge in [-0.2, -0.15) is 0 Å². The first-order valence-electron chi connectivity index (χ1n) is 5.22. The van der Waals surface area contributed by atoms with Crippen LogP contribution in [0.25, 0.3) is 0 Å². The Balaban J connectivity index is 2.63. The number of benzene rings is 1. The van der Waals surface area contributed by atoms with E-state index in [-0.39, 0.29) is 5.56 Å². The fourth-order valence-corrected chi connectivity index (χ4v) is 2.47. The van der Waals surface area contributed by atoms with E-state index in [1.54, 1.807) is 13.8 Å². The zero-order valence-electron chi connectivity index (χ0n) is 9.56. The number of hydrogen-bond donors (Lipinski definition) is 4. The summed E-state index contributed by atoms with van der Waals surface area (Å²) in [6.07, 6.45) is 0.382. The van der Waals surface area contributed by atoms with Gasteiger partial charge in [0.1, 0.15) is 5.41 Å². The lowest BCUT2D eigenvalue weighted by atomic mass is 9.87. The predicted molar refractivity (Wildman–Crippen MR) is 59.1 cm³/mol. The van der Waals surface area contributed by atoms with Crippen molar-refractivity contribution in [2.75, 3.05) is 0 Å². The van der Waals surface area contributed by atoms with Gasteiger partial charge in [0, 0.05) is 5.56 Å². The molecular formula is C12H14O5. The van der Waals surface area contributed by atoms with Gasteiger partial charge in [-0.1, -0.05) is 19.9 Å². The second kappa shape index (κ2) is 3.06. The molecule has 0 aromatic heterocycles. The number of phenolic OH excluding ortho intramolecular Hbond substituents is 3. The molecule has 1 atom stereocenters. The number of aromatic hydroxyl groups is 3. The Morgan fingerprint density at radius 1 is 1.18 bits per heavy atom. The highest BCUT2D eigenvalue weighted by Crippen LogP contribution is 2.66. The summed E-state index contributed by atoms with van der Waals surface area (Å²) in [4.78, 5) is 11.4. The van der Waals surface area contributed by atoms with E-state index in [2.05, 4.69) is 0 Å². The minimum atomic E-state index is -1.19. The third-order valence-electron chi connectivity index (χ3n) is 3.69. The third-order valence-corrected chi connectivity index (χ3v) is 3.69. The third kappa shape index (κ3) is 1.28. The Morgan fingerprint density at radius 3 is 2.12 bits per heavy atom. The van der Waals surface area contributed by atoms with E-state index in [0.29, 0.717) is 6.42 Å². The number of carbonyl (C=O) groups is 1. The van der Waals surface area contributed by atoms with Crippen molar-refractivity contribution >= 4 is 5.97 Å². The van der Waals surface area contributed by atoms with Crippen molar-refractivity contribution in [2.45, 2.75) is 25.7 Å². The van der Waals surface area contributed by atoms with E-state index < -0.39 is 34.0 Å². The molecule has 2 rings (SSSR count). The maximum atomic E-state index is 11.4. The monoisotopic (exact) mass is 238 g/mol. The Morgan fingerprint density at radius 2 is 1.71 bits per heavy atom. The molecule has 0 radical (unpaired) electrons. The second-order valence-corrected chi connectivity index (χ2v) is 5.10. The summed E-state index contributed by atoms with van der Waals surface area (Å²) in [5.41, 5.74) is -1.53. The van der Waals surface area contributed by atoms with Gasteiger partial charge in [-0.15, -0.1) is 0 Å². The molecule has 1 saturated carbocycles. The van der Waals surface area contributed by atoms with E-state index in [4.69, 9.17) is 0 Å². The van der Waals surface area contributed by atoms with Crippen LogP contribution in [0.15, 0.2) is 12.1 Å². The molecule has 0 amide bonds. The summed E-state index contributed by atoms with van der Waals surface area (Å²) in [7, 11) is 0. The average Bonchev–Trinajstić information content (AvgIpc) is 2.80. The maximum absolute atomic E-state index is 11.4. The SMILES string of the molecule is CC1(C)CC1(C(=O)O)c1ccc(O)c(O)c1O. The van der Waals surface area contributed by atoms with Crippen LogP contribution >= 0.6 is 0 Å². The largest absolute Gasteiger partial charge is 0.504 e. The van der Waals surface area contributed by atoms with Crippen LogP contribution in [0, 0.1) is 5.41 Å². The van der Waals surface area contributed by atoms with Gasteiger partial charge in [0.05, 0.1) is 0 Å². The first-order valence-corrected chi connectivity index (χ1v) is 5.22. The first-order chi connectivity index (χ1) is 7.74. The number of hydrogen-bond acceptors (Lipinski definition) is 4. The summed E-state index contributed by atoms with van der Waals surface area (Å²) in [6, 6.07) is 2.52. The molecule has 0 bridgehead atoms. The number of rotatable bonds is 2. The van der Waals surface area contributed by atoms with Gasteiger partial charge in [-0.05, 0) is 17.9 Å². The predicted octanol–water partition coefficient (Wildman–Crippen LogP) is 1.56. The Labute approximate surface area is 98.0 Å². The minimum absolute atomic E-state index is 0.144. The van der Waals surface area contributed by atoms with Gasteiger partial charge in [0.25, 0.3) is 0 Å². The summed E-state index contributed by atoms with van der Waals surface area (Å²) in [6.45, 7) is 3.56. The molecule has 0 spiro atoms. The molecule has 1 fully saturated rings. The molecule has 1 unspecified atom stereocenters. The number of carboxylic acid groups (broad SMARTS) is 1. The molecule has 5 nitrogen and oxygen atoms in total. The highest BCUT2D eigenvalue weighted by molar-refractivity contribution is 5.88. The van der Waals surface area contributed by atoms with Crippen LogP contribution < -0.4 is 0 Å². The van der Waals surface area contributed by atoms with Crippen molar-refractivity contribution in [2.24, 2.45) is 5.41 Å². The lowest BCUT2D eigenvalue weighted by Crippen LogP contribution is -2.25. The van der Waals surface area contributed by atoms with Gasteiger partial charge < -0.3 is 20.4 Å². The van der Waals surface area contributed by atoms with Crippen LogP contribution in [-0.2, 0) is 10.2 Å². The lowest BCUT2D eigenvalue weighted by molar-refractivity contribution is -0.141. The van der Waals surface area contributed by atoms with Crippen LogP contribution in [0.2, 0.25) is 0 Å². The molecule has 4 N–H and O–H groups in total. The van der Waals surface area contributed by atoms with Crippen LogP contribution in [0.4, 0.5) is 0 Å². The van der Waals surface area contributed by atoms with E-state index >= 15 is 0 Å². The highest BCUT2D eigenvalue weighted by Gasteiger charge is 2.68. The van der Waals surface area contributed by atoms with Gasteiger partial charge >= 0.3 is 5.97 Å². The summed E-state index contributed by atoms with van der Waals surface area (Å²) in [5, 5.41) is 37.7. The minimum Gasteiger partial charge on any atom is -0.504 e. The van der Waals surface area contributed by atoms with Gasteiger partial charge in [0.15, 0.2) is 11.5 Å². The molecule has 1 aliphatic carbocycles. The topological polar surface area (TPSA) is 98.0 Å². The standard InChI is InChI=1S/C12H14O5/c1-11(2)5-12(11,10(16)17)6-3-4-7(13)9(15)8(6)14/h3-4,13-15H,5H2,1-2H3,(H,16,17). The molecule has 5 heteroatoms. The van der Waals surface area contributed by atoms with Crippen molar-refractivity contribution < 1.29 is 25.2 Å². The van der Waals surface area contributed by atoms with Gasteiger partial charge in [-0.25, -0.2) is 0 Å². The van der Waals surface area contributed by atoms with Crippen molar-refractivity contribution in [1.29, 1.82) is 0 Å². The van der Waals surface area contributed by atoms with E-state index in [1.165, 1.54) is 12.1 Å². The fourth-order valence-electron chi connectivity index (χ4n) is 2.47. The summed E-state index contributed by atoms with van der Waals surface area (Å²) < 4.78 is 0. The molecule has 0 aliphatic heterocycles. The normalized spacial score (nSPS) is 25.5. The zero-order chi connectivity index (χ0) is 13.0. The van der Waals surface area contributed by atoms with Crippen molar-refractivity contribution in [3.63, 3.8) is 0 Å². The smallest absolute Gasteiger partial charge is 0.314 e. The quantitative estimate of drug-likeness (QED) is 0.586. The molecule has 0 heterocycles. The van der Waals surface area contributed by atoms with Gasteiger partial charge in [-0.3, -0.25) is 4.79 Å². The van der Waals surface area contributed by atoms with Crippen molar-refractivity contribution in [1.82, 2.24) is 0 Å². The van der Waals surface area contributed by atoms with E-state index in [1.807, 2.05) is 0 Å². The Hall–Kier alpha value is -1.91. The van der Waals surface area contributed by atoms with Crippen LogP contribution in [0.3, 0.4) is 0 Å². The Bertz CT molecular complexity index is 506. The Kier molecular flexibility index (Phi) is 2.08. The summed E-state index contributed by atoms with van der Waals surface area (Å²) >= 11 is 0. The average molecular weight is 238 g/mol. The first kappa shape index (κ1) is 11.6. The number of carboxylic acids is 1. The van der Waals surface area contributed by atoms with Crippen molar-refractivity contribution in [3.8, 4) is 17.2 Å². The number of aliphatic carboxylic acids is 1. The molecule has 0 saturated heterocycles. The second-order valence-electron chi connectivity index (χ2n) is 5.10. The van der Waals surface area contributed by atoms with Crippen LogP contribution in [0.1, 0.15) is 25.8 Å². The molecule has 1 aromatic rings. The van der Waals surface area contributed by atoms with E-state index in [0.717, 1.165) is 0 Å². The lowest BCUT2D eigenvalue weighted by Gasteiger charge is -2.18. The molecule has 92 valence electrons. The van der Waals surface area contributed by atoms with Crippen LogP contribution in [0.5, 0.6) is 17.2 Å². The number of phenols is 3. The molecular weight excluding hydrogens is 224 g/mol. The molecule has 1 aromatic carbocycles. The molecule has 1 aliphatic rings. The fraction of sp³-hybridized carbons (Fsp3) is 0.417. The van der Waals surface area contributed by atoms with E-state index in [9.17, 15) is 25.2 Å². The highest BCUT2D eigenvalue weighted by atomic mass is 16.4. The van der Waals surface area contributed by atoms with Crippen LogP contribution in [-0.4, -0.2) is 26.4 Å². The summed E-state index contributed by atoms with van der Waals surface area (Å²) in [5.74, 6) is -2.74. The zero-order valence-corrected chi connectivity index (χ0v) is 9.56. The van der Waals surface area contributed by atoms with Crippen molar-refractivity contribution in [3.05, 3.63) is 17.7 Å².